The van der Waals surface area contributed by atoms with E-state index in [1.165, 1.54) is 0 Å². The molecule has 0 spiro atoms. The minimum Gasteiger partial charge on any atom is -0.444 e. The monoisotopic (exact) mass is 361 g/mol. The largest absolute Gasteiger partial charge is 0.444 e. The number of nitrogens with one attached hydrogen (secondary N) is 1. The summed E-state index contributed by atoms with van der Waals surface area (Å²) in [5.74, 6) is 0.135. The van der Waals surface area contributed by atoms with E-state index in [2.05, 4.69) is 17.2 Å². The number of imidazole rings is 1. The Hall–Kier alpha value is -2.77. The summed E-state index contributed by atoms with van der Waals surface area (Å²) >= 11 is 0. The van der Waals surface area contributed by atoms with Gasteiger partial charge in [0.2, 0.25) is 11.9 Å². The Morgan fingerprint density at radius 1 is 1.35 bits per heavy atom. The van der Waals surface area contributed by atoms with Crippen molar-refractivity contribution in [3.05, 3.63) is 23.8 Å². The predicted octanol–water partition coefficient (Wildman–Crippen LogP) is 2.27. The zero-order valence-corrected chi connectivity index (χ0v) is 15.7. The number of rotatable bonds is 6. The molecule has 8 heteroatoms. The van der Waals surface area contributed by atoms with Crippen molar-refractivity contribution < 1.29 is 14.3 Å². The molecule has 1 heterocycles. The summed E-state index contributed by atoms with van der Waals surface area (Å²) in [4.78, 5) is 27.3. The van der Waals surface area contributed by atoms with E-state index in [4.69, 9.17) is 16.2 Å². The summed E-state index contributed by atoms with van der Waals surface area (Å²) in [7, 11) is 0. The molecule has 0 radical (unpaired) electrons. The standard InChI is InChI=1S/C18H27N5O3/c1-11(7-8-21-17(25)26-18(2,3)4)10-23-14-6-5-12(15(19)24)9-13(14)22-16(23)20/h5-6,9,11H,7-8,10H2,1-4H3,(H2,19,24)(H2,20,22)(H,21,25)/t11-/m0/s1. The van der Waals surface area contributed by atoms with Crippen LogP contribution in [-0.4, -0.2) is 33.7 Å². The van der Waals surface area contributed by atoms with Gasteiger partial charge in [0.25, 0.3) is 0 Å². The van der Waals surface area contributed by atoms with E-state index in [9.17, 15) is 9.59 Å². The van der Waals surface area contributed by atoms with Crippen molar-refractivity contribution in [2.75, 3.05) is 12.3 Å². The molecule has 0 bridgehead atoms. The topological polar surface area (TPSA) is 125 Å². The van der Waals surface area contributed by atoms with Gasteiger partial charge >= 0.3 is 6.09 Å². The SMILES string of the molecule is C[C@@H](CCNC(=O)OC(C)(C)C)Cn1c(N)nc2cc(C(N)=O)ccc21. The van der Waals surface area contributed by atoms with E-state index in [1.54, 1.807) is 18.2 Å². The third kappa shape index (κ3) is 5.11. The highest BCUT2D eigenvalue weighted by Crippen LogP contribution is 2.21. The highest BCUT2D eigenvalue weighted by Gasteiger charge is 2.17. The van der Waals surface area contributed by atoms with Crippen LogP contribution in [0.15, 0.2) is 18.2 Å². The normalized spacial score (nSPS) is 12.8. The van der Waals surface area contributed by atoms with Crippen LogP contribution in [0.2, 0.25) is 0 Å². The maximum absolute atomic E-state index is 11.7. The molecule has 0 aliphatic rings. The number of hydrogen-bond acceptors (Lipinski definition) is 5. The van der Waals surface area contributed by atoms with E-state index in [-0.39, 0.29) is 5.92 Å². The molecule has 2 aromatic rings. The van der Waals surface area contributed by atoms with Crippen molar-refractivity contribution in [1.29, 1.82) is 0 Å². The number of ether oxygens (including phenoxy) is 1. The van der Waals surface area contributed by atoms with Crippen LogP contribution in [0.5, 0.6) is 0 Å². The van der Waals surface area contributed by atoms with E-state index in [0.29, 0.717) is 30.1 Å². The summed E-state index contributed by atoms with van der Waals surface area (Å²) in [5, 5.41) is 2.75. The Morgan fingerprint density at radius 3 is 2.65 bits per heavy atom. The first-order valence-corrected chi connectivity index (χ1v) is 8.59. The molecule has 1 aromatic heterocycles. The number of amides is 2. The molecular formula is C18H27N5O3. The Labute approximate surface area is 152 Å². The van der Waals surface area contributed by atoms with Crippen molar-refractivity contribution in [1.82, 2.24) is 14.9 Å². The molecule has 0 saturated heterocycles. The summed E-state index contributed by atoms with van der Waals surface area (Å²) in [5.41, 5.74) is 12.7. The molecule has 2 amide bonds. The number of benzene rings is 1. The minimum absolute atomic E-state index is 0.250. The average molecular weight is 361 g/mol. The summed E-state index contributed by atoms with van der Waals surface area (Å²) in [6.07, 6.45) is 0.342. The van der Waals surface area contributed by atoms with Gasteiger partial charge in [-0.15, -0.1) is 0 Å². The quantitative estimate of drug-likeness (QED) is 0.728. The van der Waals surface area contributed by atoms with Gasteiger partial charge < -0.3 is 26.1 Å². The third-order valence-corrected chi connectivity index (χ3v) is 3.86. The van der Waals surface area contributed by atoms with Gasteiger partial charge in [-0.05, 0) is 51.3 Å². The van der Waals surface area contributed by atoms with E-state index >= 15 is 0 Å². The molecule has 0 aliphatic carbocycles. The molecule has 5 N–H and O–H groups in total. The fourth-order valence-electron chi connectivity index (χ4n) is 2.63. The second-order valence-corrected chi connectivity index (χ2v) is 7.47. The molecule has 1 atom stereocenters. The van der Waals surface area contributed by atoms with E-state index in [1.807, 2.05) is 25.3 Å². The zero-order valence-electron chi connectivity index (χ0n) is 15.7. The van der Waals surface area contributed by atoms with Gasteiger partial charge in [-0.25, -0.2) is 9.78 Å². The molecule has 1 aromatic carbocycles. The van der Waals surface area contributed by atoms with E-state index < -0.39 is 17.6 Å². The number of anilines is 1. The van der Waals surface area contributed by atoms with Gasteiger partial charge in [-0.3, -0.25) is 4.79 Å². The van der Waals surface area contributed by atoms with Crippen molar-refractivity contribution in [3.63, 3.8) is 0 Å². The number of primary amides is 1. The molecule has 26 heavy (non-hydrogen) atoms. The van der Waals surface area contributed by atoms with Gasteiger partial charge in [0.05, 0.1) is 11.0 Å². The Bertz CT molecular complexity index is 807. The Morgan fingerprint density at radius 2 is 2.04 bits per heavy atom. The molecule has 0 aliphatic heterocycles. The lowest BCUT2D eigenvalue weighted by molar-refractivity contribution is 0.0525. The fourth-order valence-corrected chi connectivity index (χ4v) is 2.63. The van der Waals surface area contributed by atoms with Crippen LogP contribution in [-0.2, 0) is 11.3 Å². The maximum Gasteiger partial charge on any atom is 0.407 e. The number of nitrogens with two attached hydrogens (primary N) is 2. The van der Waals surface area contributed by atoms with Crippen LogP contribution in [0.25, 0.3) is 11.0 Å². The van der Waals surface area contributed by atoms with Gasteiger partial charge in [0, 0.05) is 18.7 Å². The van der Waals surface area contributed by atoms with Crippen LogP contribution in [0.3, 0.4) is 0 Å². The van der Waals surface area contributed by atoms with Crippen molar-refractivity contribution in [3.8, 4) is 0 Å². The van der Waals surface area contributed by atoms with Crippen molar-refractivity contribution in [2.24, 2.45) is 11.7 Å². The third-order valence-electron chi connectivity index (χ3n) is 3.86. The molecule has 2 rings (SSSR count). The molecule has 8 nitrogen and oxygen atoms in total. The van der Waals surface area contributed by atoms with Crippen LogP contribution in [0.4, 0.5) is 10.7 Å². The lowest BCUT2D eigenvalue weighted by Crippen LogP contribution is -2.33. The lowest BCUT2D eigenvalue weighted by Gasteiger charge is -2.20. The molecule has 142 valence electrons. The second-order valence-electron chi connectivity index (χ2n) is 7.47. The first-order valence-electron chi connectivity index (χ1n) is 8.59. The summed E-state index contributed by atoms with van der Waals surface area (Å²) in [6, 6.07) is 5.10. The molecule has 0 unspecified atom stereocenters. The van der Waals surface area contributed by atoms with Crippen molar-refractivity contribution in [2.45, 2.75) is 46.3 Å². The lowest BCUT2D eigenvalue weighted by atomic mass is 10.1. The second kappa shape index (κ2) is 7.63. The molecular weight excluding hydrogens is 334 g/mol. The van der Waals surface area contributed by atoms with Gasteiger partial charge in [-0.2, -0.15) is 0 Å². The van der Waals surface area contributed by atoms with Gasteiger partial charge in [0.15, 0.2) is 0 Å². The summed E-state index contributed by atoms with van der Waals surface area (Å²) in [6.45, 7) is 8.70. The van der Waals surface area contributed by atoms with Crippen LogP contribution >= 0.6 is 0 Å². The average Bonchev–Trinajstić information content (AvgIpc) is 2.80. The van der Waals surface area contributed by atoms with Crippen molar-refractivity contribution >= 4 is 29.0 Å². The predicted molar refractivity (Wildman–Crippen MR) is 101 cm³/mol. The number of nitrogen functional groups attached to an aromatic ring is 1. The zero-order chi connectivity index (χ0) is 19.5. The summed E-state index contributed by atoms with van der Waals surface area (Å²) < 4.78 is 7.11. The number of carbonyl (C=O) groups is 2. The van der Waals surface area contributed by atoms with Crippen LogP contribution in [0.1, 0.15) is 44.5 Å². The first kappa shape index (κ1) is 19.6. The smallest absolute Gasteiger partial charge is 0.407 e. The van der Waals surface area contributed by atoms with Gasteiger partial charge in [-0.1, -0.05) is 6.92 Å². The highest BCUT2D eigenvalue weighted by molar-refractivity contribution is 5.96. The van der Waals surface area contributed by atoms with Crippen LogP contribution < -0.4 is 16.8 Å². The first-order chi connectivity index (χ1) is 12.1. The number of fused-ring (bicyclic) bond motifs is 1. The minimum atomic E-state index is -0.510. The maximum atomic E-state index is 11.7. The van der Waals surface area contributed by atoms with Gasteiger partial charge in [0.1, 0.15) is 5.60 Å². The Kier molecular flexibility index (Phi) is 5.74. The molecule has 0 saturated carbocycles. The number of carbonyl (C=O) groups excluding carboxylic acids is 2. The van der Waals surface area contributed by atoms with E-state index in [0.717, 1.165) is 11.9 Å². The number of hydrogen-bond donors (Lipinski definition) is 3. The molecule has 0 fully saturated rings. The Balaban J connectivity index is 1.96. The number of aromatic nitrogens is 2. The highest BCUT2D eigenvalue weighted by atomic mass is 16.6. The number of alkyl carbamates (subject to hydrolysis) is 1. The number of nitrogens with zero attached hydrogens (tertiary/aromatic N) is 2. The van der Waals surface area contributed by atoms with Crippen LogP contribution in [0, 0.1) is 5.92 Å². The fraction of sp³-hybridized carbons (Fsp3) is 0.500.